The van der Waals surface area contributed by atoms with Crippen LogP contribution in [-0.2, 0) is 40.5 Å². The molecule has 3 amide bonds. The van der Waals surface area contributed by atoms with E-state index in [1.165, 1.54) is 17.0 Å². The standard InChI is InChI=1S/C31H42N4O8S2/c1-23-28(24(2)43-34-23)21-44(38,39)22-29(33-31(37)35-16-18-42-19-17-35)30(36)32-26(14-13-25-9-5-3-6-10-25)15-20-45(40,41)27-11-7-4-8-12-27/h3-12,24,26,29,34H,13-22H2,1-2H3,(H,32,36)(H,33,37)/t24?,26-,29-/m0/s1. The molecule has 2 aliphatic rings. The molecule has 45 heavy (non-hydrogen) atoms. The van der Waals surface area contributed by atoms with E-state index in [2.05, 4.69) is 16.1 Å². The topological polar surface area (TPSA) is 160 Å². The van der Waals surface area contributed by atoms with E-state index in [0.29, 0.717) is 50.4 Å². The van der Waals surface area contributed by atoms with E-state index in [4.69, 9.17) is 9.57 Å². The Bertz CT molecular complexity index is 1540. The molecule has 12 nitrogen and oxygen atoms in total. The van der Waals surface area contributed by atoms with Crippen molar-refractivity contribution in [3.8, 4) is 0 Å². The number of sulfone groups is 2. The lowest BCUT2D eigenvalue weighted by molar-refractivity contribution is -0.123. The Hall–Kier alpha value is -3.46. The van der Waals surface area contributed by atoms with Crippen LogP contribution in [0.25, 0.3) is 0 Å². The van der Waals surface area contributed by atoms with E-state index in [9.17, 15) is 26.4 Å². The number of amides is 3. The molecule has 0 saturated carbocycles. The zero-order valence-electron chi connectivity index (χ0n) is 25.6. The number of hydrogen-bond acceptors (Lipinski definition) is 9. The third-order valence-electron chi connectivity index (χ3n) is 7.88. The maximum atomic E-state index is 13.8. The molecule has 3 atom stereocenters. The fraction of sp³-hybridized carbons (Fsp3) is 0.484. The molecule has 0 radical (unpaired) electrons. The molecule has 0 aromatic heterocycles. The largest absolute Gasteiger partial charge is 0.378 e. The third-order valence-corrected chi connectivity index (χ3v) is 11.2. The number of urea groups is 1. The Balaban J connectivity index is 1.53. The smallest absolute Gasteiger partial charge is 0.318 e. The maximum absolute atomic E-state index is 13.8. The lowest BCUT2D eigenvalue weighted by Crippen LogP contribution is -2.57. The predicted octanol–water partition coefficient (Wildman–Crippen LogP) is 1.99. The van der Waals surface area contributed by atoms with Gasteiger partial charge in [-0.3, -0.25) is 15.1 Å². The number of ether oxygens (including phenoxy) is 1. The monoisotopic (exact) mass is 662 g/mol. The summed E-state index contributed by atoms with van der Waals surface area (Å²) in [6.07, 6.45) is 0.588. The SMILES string of the molecule is CC1=C(CS(=O)(=O)C[C@H](NC(=O)N2CCOCC2)C(=O)N[C@@H](CCc2ccccc2)CCS(=O)(=O)c2ccccc2)C(C)ON1. The molecule has 1 fully saturated rings. The number of carbonyl (C=O) groups is 2. The number of rotatable bonds is 14. The summed E-state index contributed by atoms with van der Waals surface area (Å²) in [5.74, 6) is -1.92. The van der Waals surface area contributed by atoms with Crippen LogP contribution in [0.5, 0.6) is 0 Å². The van der Waals surface area contributed by atoms with Gasteiger partial charge in [-0.2, -0.15) is 0 Å². The maximum Gasteiger partial charge on any atom is 0.318 e. The molecule has 2 aliphatic heterocycles. The molecule has 1 saturated heterocycles. The van der Waals surface area contributed by atoms with Crippen LogP contribution in [0.4, 0.5) is 4.79 Å². The summed E-state index contributed by atoms with van der Waals surface area (Å²) in [7, 11) is -7.55. The van der Waals surface area contributed by atoms with Crippen LogP contribution in [0, 0.1) is 0 Å². The van der Waals surface area contributed by atoms with Crippen LogP contribution in [0.2, 0.25) is 0 Å². The third kappa shape index (κ3) is 10.3. The summed E-state index contributed by atoms with van der Waals surface area (Å²) < 4.78 is 58.3. The molecule has 2 aromatic carbocycles. The minimum atomic E-state index is -3.91. The molecule has 0 aliphatic carbocycles. The van der Waals surface area contributed by atoms with Crippen molar-refractivity contribution in [2.24, 2.45) is 0 Å². The zero-order chi connectivity index (χ0) is 32.5. The number of aryl methyl sites for hydroxylation is 1. The van der Waals surface area contributed by atoms with Crippen molar-refractivity contribution < 1.29 is 36.0 Å². The number of nitrogens with one attached hydrogen (secondary N) is 3. The normalized spacial score (nSPS) is 18.6. The van der Waals surface area contributed by atoms with Gasteiger partial charge in [-0.1, -0.05) is 48.5 Å². The Labute approximate surface area is 265 Å². The Morgan fingerprint density at radius 3 is 2.22 bits per heavy atom. The fourth-order valence-electron chi connectivity index (χ4n) is 5.20. The molecule has 3 N–H and O–H groups in total. The average Bonchev–Trinajstić information content (AvgIpc) is 3.34. The quantitative estimate of drug-likeness (QED) is 0.275. The fourth-order valence-corrected chi connectivity index (χ4v) is 8.39. The summed E-state index contributed by atoms with van der Waals surface area (Å²) in [6.45, 7) is 4.70. The molecule has 14 heteroatoms. The number of benzene rings is 2. The number of hydroxylamine groups is 1. The van der Waals surface area contributed by atoms with Gasteiger partial charge in [-0.05, 0) is 56.4 Å². The van der Waals surface area contributed by atoms with Gasteiger partial charge in [0.25, 0.3) is 0 Å². The second-order valence-corrected chi connectivity index (χ2v) is 15.5. The second-order valence-electron chi connectivity index (χ2n) is 11.3. The summed E-state index contributed by atoms with van der Waals surface area (Å²) >= 11 is 0. The van der Waals surface area contributed by atoms with Crippen LogP contribution in [0.1, 0.15) is 32.3 Å². The number of carbonyl (C=O) groups excluding carboxylic acids is 2. The number of allylic oxidation sites excluding steroid dienone is 1. The van der Waals surface area contributed by atoms with Crippen LogP contribution in [-0.4, -0.2) is 95.4 Å². The van der Waals surface area contributed by atoms with Gasteiger partial charge in [0.1, 0.15) is 12.1 Å². The van der Waals surface area contributed by atoms with Gasteiger partial charge in [0.15, 0.2) is 19.7 Å². The predicted molar refractivity (Wildman–Crippen MR) is 170 cm³/mol. The van der Waals surface area contributed by atoms with Crippen molar-refractivity contribution in [1.29, 1.82) is 0 Å². The highest BCUT2D eigenvalue weighted by atomic mass is 32.2. The summed E-state index contributed by atoms with van der Waals surface area (Å²) in [4.78, 5) is 33.9. The first-order valence-electron chi connectivity index (χ1n) is 15.0. The lowest BCUT2D eigenvalue weighted by Gasteiger charge is -2.30. The average molecular weight is 663 g/mol. The molecule has 2 aromatic rings. The van der Waals surface area contributed by atoms with Gasteiger partial charge in [-0.25, -0.2) is 21.6 Å². The molecule has 1 unspecified atom stereocenters. The van der Waals surface area contributed by atoms with Crippen molar-refractivity contribution in [2.45, 2.75) is 56.2 Å². The molecule has 2 heterocycles. The Kier molecular flexibility index (Phi) is 12.0. The van der Waals surface area contributed by atoms with Gasteiger partial charge in [-0.15, -0.1) is 0 Å². The minimum Gasteiger partial charge on any atom is -0.378 e. The zero-order valence-corrected chi connectivity index (χ0v) is 27.2. The first-order chi connectivity index (χ1) is 21.4. The van der Waals surface area contributed by atoms with Gasteiger partial charge in [0.2, 0.25) is 5.91 Å². The molecule has 0 bridgehead atoms. The van der Waals surface area contributed by atoms with Crippen molar-refractivity contribution in [2.75, 3.05) is 43.6 Å². The highest BCUT2D eigenvalue weighted by Gasteiger charge is 2.33. The van der Waals surface area contributed by atoms with Crippen molar-refractivity contribution in [1.82, 2.24) is 21.0 Å². The lowest BCUT2D eigenvalue weighted by atomic mass is 10.0. The molecule has 4 rings (SSSR count). The highest BCUT2D eigenvalue weighted by Crippen LogP contribution is 2.20. The summed E-state index contributed by atoms with van der Waals surface area (Å²) in [6, 6.07) is 15.0. The van der Waals surface area contributed by atoms with Gasteiger partial charge in [0.05, 0.1) is 35.4 Å². The van der Waals surface area contributed by atoms with Gasteiger partial charge < -0.3 is 20.3 Å². The Morgan fingerprint density at radius 1 is 0.956 bits per heavy atom. The first-order valence-corrected chi connectivity index (χ1v) is 18.5. The van der Waals surface area contributed by atoms with E-state index >= 15 is 0 Å². The van der Waals surface area contributed by atoms with Crippen molar-refractivity contribution >= 4 is 31.6 Å². The van der Waals surface area contributed by atoms with Crippen molar-refractivity contribution in [3.63, 3.8) is 0 Å². The second kappa shape index (κ2) is 15.7. The molecule has 0 spiro atoms. The van der Waals surface area contributed by atoms with Crippen LogP contribution >= 0.6 is 0 Å². The van der Waals surface area contributed by atoms with E-state index in [0.717, 1.165) is 5.56 Å². The van der Waals surface area contributed by atoms with Gasteiger partial charge >= 0.3 is 6.03 Å². The number of morpholine rings is 1. The number of hydrogen-bond donors (Lipinski definition) is 3. The molecule has 246 valence electrons. The van der Waals surface area contributed by atoms with E-state index < -0.39 is 55.6 Å². The summed E-state index contributed by atoms with van der Waals surface area (Å²) in [5.41, 5.74) is 4.82. The van der Waals surface area contributed by atoms with E-state index in [1.807, 2.05) is 30.3 Å². The number of nitrogens with zero attached hydrogens (tertiary/aromatic N) is 1. The Morgan fingerprint density at radius 2 is 1.60 bits per heavy atom. The minimum absolute atomic E-state index is 0.0965. The van der Waals surface area contributed by atoms with E-state index in [-0.39, 0.29) is 22.8 Å². The molecular formula is C31H42N4O8S2. The first kappa shape index (κ1) is 34.4. The van der Waals surface area contributed by atoms with Gasteiger partial charge in [0, 0.05) is 24.8 Å². The molecular weight excluding hydrogens is 620 g/mol. The van der Waals surface area contributed by atoms with Crippen LogP contribution in [0.3, 0.4) is 0 Å². The highest BCUT2D eigenvalue weighted by molar-refractivity contribution is 7.91. The van der Waals surface area contributed by atoms with E-state index in [1.54, 1.807) is 32.0 Å². The van der Waals surface area contributed by atoms with Crippen LogP contribution < -0.4 is 16.1 Å². The van der Waals surface area contributed by atoms with Crippen molar-refractivity contribution in [3.05, 3.63) is 77.5 Å². The summed E-state index contributed by atoms with van der Waals surface area (Å²) in [5, 5.41) is 5.51. The van der Waals surface area contributed by atoms with Crippen LogP contribution in [0.15, 0.2) is 76.8 Å².